The van der Waals surface area contributed by atoms with Gasteiger partial charge in [0, 0.05) is 25.7 Å². The average molecular weight is 274 g/mol. The van der Waals surface area contributed by atoms with Gasteiger partial charge in [0.1, 0.15) is 5.82 Å². The second-order valence-corrected chi connectivity index (χ2v) is 3.81. The van der Waals surface area contributed by atoms with E-state index in [-0.39, 0.29) is 24.2 Å². The molecular formula is C12H14ClF2N3. The molecule has 98 valence electrons. The van der Waals surface area contributed by atoms with Gasteiger partial charge in [-0.3, -0.25) is 0 Å². The smallest absolute Gasteiger partial charge is 0.215 e. The van der Waals surface area contributed by atoms with Crippen molar-refractivity contribution in [3.8, 4) is 0 Å². The Balaban J connectivity index is 0.00000162. The Bertz CT molecular complexity index is 497. The standard InChI is InChI=1S/C12H13F2N3.ClH/c1-17-12(14)10(8-16-17)7-15-6-9-2-4-11(13)5-3-9;/h2-5,8,15H,6-7H2,1H3;1H. The predicted molar refractivity (Wildman–Crippen MR) is 67.4 cm³/mol. The van der Waals surface area contributed by atoms with E-state index in [2.05, 4.69) is 10.4 Å². The summed E-state index contributed by atoms with van der Waals surface area (Å²) in [5.41, 5.74) is 1.48. The lowest BCUT2D eigenvalue weighted by atomic mass is 10.2. The summed E-state index contributed by atoms with van der Waals surface area (Å²) in [5, 5.41) is 6.88. The summed E-state index contributed by atoms with van der Waals surface area (Å²) in [4.78, 5) is 0. The molecule has 0 atom stereocenters. The summed E-state index contributed by atoms with van der Waals surface area (Å²) in [6, 6.07) is 6.20. The highest BCUT2D eigenvalue weighted by molar-refractivity contribution is 5.85. The lowest BCUT2D eigenvalue weighted by molar-refractivity contribution is 0.489. The number of benzene rings is 1. The van der Waals surface area contributed by atoms with Crippen LogP contribution in [0.3, 0.4) is 0 Å². The van der Waals surface area contributed by atoms with Crippen molar-refractivity contribution in [1.29, 1.82) is 0 Å². The zero-order valence-electron chi connectivity index (χ0n) is 9.86. The van der Waals surface area contributed by atoms with Crippen molar-refractivity contribution in [3.63, 3.8) is 0 Å². The Labute approximate surface area is 110 Å². The second-order valence-electron chi connectivity index (χ2n) is 3.81. The SMILES string of the molecule is Cl.Cn1ncc(CNCc2ccc(F)cc2)c1F. The molecule has 3 nitrogen and oxygen atoms in total. The summed E-state index contributed by atoms with van der Waals surface area (Å²) in [6.07, 6.45) is 1.49. The van der Waals surface area contributed by atoms with E-state index in [1.54, 1.807) is 19.2 Å². The van der Waals surface area contributed by atoms with Crippen LogP contribution in [0.1, 0.15) is 11.1 Å². The summed E-state index contributed by atoms with van der Waals surface area (Å²) < 4.78 is 27.2. The number of hydrogen-bond donors (Lipinski definition) is 1. The van der Waals surface area contributed by atoms with Crippen LogP contribution in [-0.4, -0.2) is 9.78 Å². The van der Waals surface area contributed by atoms with Gasteiger partial charge < -0.3 is 5.32 Å². The van der Waals surface area contributed by atoms with Crippen molar-refractivity contribution in [2.45, 2.75) is 13.1 Å². The van der Waals surface area contributed by atoms with Gasteiger partial charge in [-0.05, 0) is 17.7 Å². The Hall–Kier alpha value is -1.46. The third-order valence-corrected chi connectivity index (χ3v) is 2.49. The van der Waals surface area contributed by atoms with E-state index in [1.807, 2.05) is 0 Å². The fourth-order valence-electron chi connectivity index (χ4n) is 1.53. The third kappa shape index (κ3) is 3.51. The quantitative estimate of drug-likeness (QED) is 0.927. The van der Waals surface area contributed by atoms with Crippen molar-refractivity contribution in [2.24, 2.45) is 7.05 Å². The fraction of sp³-hybridized carbons (Fsp3) is 0.250. The van der Waals surface area contributed by atoms with Crippen LogP contribution in [0.15, 0.2) is 30.5 Å². The third-order valence-electron chi connectivity index (χ3n) is 2.49. The average Bonchev–Trinajstić information content (AvgIpc) is 2.64. The van der Waals surface area contributed by atoms with E-state index in [4.69, 9.17) is 0 Å². The molecule has 2 aromatic rings. The first-order chi connectivity index (χ1) is 8.16. The normalized spacial score (nSPS) is 10.2. The molecule has 2 rings (SSSR count). The molecule has 0 aliphatic carbocycles. The van der Waals surface area contributed by atoms with Crippen molar-refractivity contribution < 1.29 is 8.78 Å². The predicted octanol–water partition coefficient (Wildman–Crippen LogP) is 2.41. The molecule has 0 aliphatic rings. The first-order valence-electron chi connectivity index (χ1n) is 5.28. The van der Waals surface area contributed by atoms with Gasteiger partial charge in [0.2, 0.25) is 5.95 Å². The molecule has 18 heavy (non-hydrogen) atoms. The van der Waals surface area contributed by atoms with E-state index >= 15 is 0 Å². The van der Waals surface area contributed by atoms with E-state index in [9.17, 15) is 8.78 Å². The summed E-state index contributed by atoms with van der Waals surface area (Å²) in [6.45, 7) is 0.964. The highest BCUT2D eigenvalue weighted by atomic mass is 35.5. The monoisotopic (exact) mass is 273 g/mol. The Morgan fingerprint density at radius 3 is 2.39 bits per heavy atom. The molecule has 1 heterocycles. The molecule has 1 aromatic carbocycles. The Morgan fingerprint density at radius 2 is 1.83 bits per heavy atom. The molecule has 0 amide bonds. The number of nitrogens with one attached hydrogen (secondary N) is 1. The number of aromatic nitrogens is 2. The van der Waals surface area contributed by atoms with Crippen LogP contribution in [0, 0.1) is 11.8 Å². The van der Waals surface area contributed by atoms with Crippen molar-refractivity contribution in [1.82, 2.24) is 15.1 Å². The lowest BCUT2D eigenvalue weighted by Gasteiger charge is -2.03. The van der Waals surface area contributed by atoms with E-state index in [0.29, 0.717) is 18.7 Å². The van der Waals surface area contributed by atoms with Crippen LogP contribution in [0.2, 0.25) is 0 Å². The maximum atomic E-state index is 13.4. The molecular weight excluding hydrogens is 260 g/mol. The van der Waals surface area contributed by atoms with Gasteiger partial charge in [-0.25, -0.2) is 9.07 Å². The van der Waals surface area contributed by atoms with Gasteiger partial charge in [0.05, 0.1) is 6.20 Å². The van der Waals surface area contributed by atoms with Crippen LogP contribution in [0.4, 0.5) is 8.78 Å². The molecule has 0 spiro atoms. The maximum absolute atomic E-state index is 13.4. The van der Waals surface area contributed by atoms with Gasteiger partial charge in [-0.15, -0.1) is 12.4 Å². The molecule has 0 fully saturated rings. The molecule has 0 aliphatic heterocycles. The number of rotatable bonds is 4. The molecule has 1 aromatic heterocycles. The Kier molecular flexibility index (Phi) is 5.25. The summed E-state index contributed by atoms with van der Waals surface area (Å²) in [7, 11) is 1.55. The van der Waals surface area contributed by atoms with Crippen molar-refractivity contribution in [3.05, 3.63) is 53.4 Å². The molecule has 0 unspecified atom stereocenters. The minimum Gasteiger partial charge on any atom is -0.308 e. The van der Waals surface area contributed by atoms with Crippen LogP contribution in [-0.2, 0) is 20.1 Å². The van der Waals surface area contributed by atoms with Gasteiger partial charge in [0.15, 0.2) is 0 Å². The zero-order chi connectivity index (χ0) is 12.3. The van der Waals surface area contributed by atoms with E-state index < -0.39 is 0 Å². The molecule has 0 saturated heterocycles. The van der Waals surface area contributed by atoms with E-state index in [1.165, 1.54) is 23.0 Å². The second kappa shape index (κ2) is 6.47. The maximum Gasteiger partial charge on any atom is 0.215 e. The summed E-state index contributed by atoms with van der Waals surface area (Å²) >= 11 is 0. The van der Waals surface area contributed by atoms with Gasteiger partial charge in [-0.1, -0.05) is 12.1 Å². The molecule has 0 saturated carbocycles. The molecule has 6 heteroatoms. The van der Waals surface area contributed by atoms with Crippen LogP contribution < -0.4 is 5.32 Å². The molecule has 0 bridgehead atoms. The fourth-order valence-corrected chi connectivity index (χ4v) is 1.53. The molecule has 1 N–H and O–H groups in total. The van der Waals surface area contributed by atoms with E-state index in [0.717, 1.165) is 5.56 Å². The van der Waals surface area contributed by atoms with Gasteiger partial charge >= 0.3 is 0 Å². The lowest BCUT2D eigenvalue weighted by Crippen LogP contribution is -2.13. The number of halogens is 3. The zero-order valence-corrected chi connectivity index (χ0v) is 10.7. The van der Waals surface area contributed by atoms with Crippen LogP contribution in [0.25, 0.3) is 0 Å². The first kappa shape index (κ1) is 14.6. The topological polar surface area (TPSA) is 29.9 Å². The first-order valence-corrected chi connectivity index (χ1v) is 5.28. The van der Waals surface area contributed by atoms with Crippen LogP contribution in [0.5, 0.6) is 0 Å². The van der Waals surface area contributed by atoms with Gasteiger partial charge in [0.25, 0.3) is 0 Å². The van der Waals surface area contributed by atoms with Crippen molar-refractivity contribution >= 4 is 12.4 Å². The molecule has 0 radical (unpaired) electrons. The number of hydrogen-bond acceptors (Lipinski definition) is 2. The minimum absolute atomic E-state index is 0. The summed E-state index contributed by atoms with van der Waals surface area (Å²) in [5.74, 6) is -0.594. The Morgan fingerprint density at radius 1 is 1.17 bits per heavy atom. The highest BCUT2D eigenvalue weighted by Crippen LogP contribution is 2.06. The number of aryl methyl sites for hydroxylation is 1. The van der Waals surface area contributed by atoms with Crippen molar-refractivity contribution in [2.75, 3.05) is 0 Å². The van der Waals surface area contributed by atoms with Gasteiger partial charge in [-0.2, -0.15) is 9.49 Å². The minimum atomic E-state index is -0.336. The largest absolute Gasteiger partial charge is 0.308 e. The van der Waals surface area contributed by atoms with Crippen LogP contribution >= 0.6 is 12.4 Å². The number of nitrogens with zero attached hydrogens (tertiary/aromatic N) is 2. The highest BCUT2D eigenvalue weighted by Gasteiger charge is 2.06.